The molecule has 118 valence electrons. The van der Waals surface area contributed by atoms with Crippen molar-refractivity contribution in [3.63, 3.8) is 0 Å². The van der Waals surface area contributed by atoms with Crippen LogP contribution in [0.2, 0.25) is 0 Å². The second-order valence-electron chi connectivity index (χ2n) is 5.41. The lowest BCUT2D eigenvalue weighted by Crippen LogP contribution is -2.57. The Kier molecular flexibility index (Phi) is 5.97. The topological polar surface area (TPSA) is 86.7 Å². The molecule has 0 radical (unpaired) electrons. The minimum absolute atomic E-state index is 0.277. The molecule has 1 saturated heterocycles. The Balaban J connectivity index is 2.99. The molecule has 1 fully saturated rings. The van der Waals surface area contributed by atoms with Gasteiger partial charge in [-0.25, -0.2) is 0 Å². The summed E-state index contributed by atoms with van der Waals surface area (Å²) in [5, 5.41) is 9.21. The second kappa shape index (κ2) is 6.87. The van der Waals surface area contributed by atoms with Crippen LogP contribution in [0, 0.1) is 0 Å². The summed E-state index contributed by atoms with van der Waals surface area (Å²) in [6, 6.07) is -0.940. The van der Waals surface area contributed by atoms with Crippen molar-refractivity contribution in [3.05, 3.63) is 0 Å². The second-order valence-corrected chi connectivity index (χ2v) is 7.03. The molecule has 7 heteroatoms. The zero-order valence-electron chi connectivity index (χ0n) is 12.6. The highest BCUT2D eigenvalue weighted by Crippen LogP contribution is 2.25. The molecule has 1 aliphatic rings. The molecule has 0 aliphatic carbocycles. The van der Waals surface area contributed by atoms with E-state index in [0.717, 1.165) is 10.7 Å². The highest BCUT2D eigenvalue weighted by molar-refractivity contribution is 7.87. The van der Waals surface area contributed by atoms with Gasteiger partial charge in [0, 0.05) is 12.1 Å². The average molecular weight is 306 g/mol. The molecule has 20 heavy (non-hydrogen) atoms. The van der Waals surface area contributed by atoms with E-state index in [2.05, 4.69) is 4.72 Å². The number of hydrogen-bond acceptors (Lipinski definition) is 3. The van der Waals surface area contributed by atoms with E-state index in [0.29, 0.717) is 32.1 Å². The molecule has 0 aromatic heterocycles. The zero-order chi connectivity index (χ0) is 15.4. The van der Waals surface area contributed by atoms with Crippen molar-refractivity contribution in [1.82, 2.24) is 9.03 Å². The lowest BCUT2D eigenvalue weighted by atomic mass is 9.91. The number of piperidine rings is 1. The number of hydrogen-bond donors (Lipinski definition) is 2. The first-order valence-corrected chi connectivity index (χ1v) is 8.79. The van der Waals surface area contributed by atoms with Crippen molar-refractivity contribution in [3.8, 4) is 0 Å². The molecular formula is C13H26N2O4S. The number of nitrogens with zero attached hydrogens (tertiary/aromatic N) is 1. The molecule has 1 heterocycles. The monoisotopic (exact) mass is 306 g/mol. The van der Waals surface area contributed by atoms with Crippen molar-refractivity contribution >= 4 is 16.2 Å². The maximum Gasteiger partial charge on any atom is 0.322 e. The Bertz CT molecular complexity index is 423. The van der Waals surface area contributed by atoms with E-state index in [1.54, 1.807) is 0 Å². The van der Waals surface area contributed by atoms with Crippen molar-refractivity contribution in [2.45, 2.75) is 70.9 Å². The van der Waals surface area contributed by atoms with Gasteiger partial charge in [-0.1, -0.05) is 20.8 Å². The van der Waals surface area contributed by atoms with Crippen LogP contribution in [0.25, 0.3) is 0 Å². The number of carbonyl (C=O) groups is 1. The van der Waals surface area contributed by atoms with E-state index in [1.807, 2.05) is 20.8 Å². The SMILES string of the molecule is CCC(CC)(CC)NS(=O)(=O)N1CCCCC1C(=O)O. The van der Waals surface area contributed by atoms with E-state index in [4.69, 9.17) is 0 Å². The van der Waals surface area contributed by atoms with Crippen LogP contribution in [0.1, 0.15) is 59.3 Å². The largest absolute Gasteiger partial charge is 0.480 e. The fourth-order valence-corrected chi connectivity index (χ4v) is 4.74. The smallest absolute Gasteiger partial charge is 0.322 e. The standard InChI is InChI=1S/C13H26N2O4S/c1-4-13(5-2,6-3)14-20(18,19)15-10-8-7-9-11(15)12(16)17/h11,14H,4-10H2,1-3H3,(H,16,17). The molecule has 0 bridgehead atoms. The molecule has 1 rings (SSSR count). The third-order valence-electron chi connectivity index (χ3n) is 4.42. The molecule has 6 nitrogen and oxygen atoms in total. The predicted octanol–water partition coefficient (Wildman–Crippen LogP) is 1.73. The Morgan fingerprint density at radius 3 is 2.25 bits per heavy atom. The highest BCUT2D eigenvalue weighted by Gasteiger charge is 2.40. The van der Waals surface area contributed by atoms with Crippen molar-refractivity contribution in [1.29, 1.82) is 0 Å². The average Bonchev–Trinajstić information content (AvgIpc) is 2.45. The van der Waals surface area contributed by atoms with Gasteiger partial charge in [-0.05, 0) is 38.5 Å². The lowest BCUT2D eigenvalue weighted by Gasteiger charge is -2.37. The maximum absolute atomic E-state index is 12.5. The van der Waals surface area contributed by atoms with E-state index >= 15 is 0 Å². The summed E-state index contributed by atoms with van der Waals surface area (Å²) in [5.41, 5.74) is -0.487. The molecule has 0 aromatic carbocycles. The molecule has 0 spiro atoms. The van der Waals surface area contributed by atoms with Gasteiger partial charge in [0.2, 0.25) is 0 Å². The van der Waals surface area contributed by atoms with Gasteiger partial charge in [0.25, 0.3) is 10.2 Å². The molecule has 2 N–H and O–H groups in total. The Labute approximate surface area is 121 Å². The third-order valence-corrected chi connectivity index (χ3v) is 6.17. The van der Waals surface area contributed by atoms with Crippen molar-refractivity contribution in [2.24, 2.45) is 0 Å². The first-order valence-electron chi connectivity index (χ1n) is 7.35. The summed E-state index contributed by atoms with van der Waals surface area (Å²) in [4.78, 5) is 11.3. The number of carboxylic acid groups (broad SMARTS) is 1. The van der Waals surface area contributed by atoms with Gasteiger partial charge in [-0.15, -0.1) is 0 Å². The molecule has 0 aromatic rings. The summed E-state index contributed by atoms with van der Waals surface area (Å²) in [6.07, 6.45) is 3.90. The van der Waals surface area contributed by atoms with Gasteiger partial charge >= 0.3 is 5.97 Å². The predicted molar refractivity (Wildman–Crippen MR) is 77.6 cm³/mol. The zero-order valence-corrected chi connectivity index (χ0v) is 13.4. The summed E-state index contributed by atoms with van der Waals surface area (Å²) >= 11 is 0. The van der Waals surface area contributed by atoms with Gasteiger partial charge in [0.15, 0.2) is 0 Å². The van der Waals surface area contributed by atoms with Gasteiger partial charge < -0.3 is 5.11 Å². The van der Waals surface area contributed by atoms with Gasteiger partial charge in [0.1, 0.15) is 6.04 Å². The first-order chi connectivity index (χ1) is 9.32. The summed E-state index contributed by atoms with van der Waals surface area (Å²) < 4.78 is 29.0. The van der Waals surface area contributed by atoms with Gasteiger partial charge in [-0.2, -0.15) is 17.4 Å². The number of carboxylic acids is 1. The normalized spacial score (nSPS) is 21.9. The summed E-state index contributed by atoms with van der Waals surface area (Å²) in [7, 11) is -3.77. The molecule has 1 atom stereocenters. The van der Waals surface area contributed by atoms with Crippen LogP contribution >= 0.6 is 0 Å². The van der Waals surface area contributed by atoms with E-state index in [-0.39, 0.29) is 6.54 Å². The fourth-order valence-electron chi connectivity index (χ4n) is 2.74. The van der Waals surface area contributed by atoms with Crippen LogP contribution in [-0.2, 0) is 15.0 Å². The molecule has 0 saturated carbocycles. The highest BCUT2D eigenvalue weighted by atomic mass is 32.2. The lowest BCUT2D eigenvalue weighted by molar-refractivity contribution is -0.142. The minimum Gasteiger partial charge on any atom is -0.480 e. The molecular weight excluding hydrogens is 280 g/mol. The number of nitrogens with one attached hydrogen (secondary N) is 1. The van der Waals surface area contributed by atoms with Crippen LogP contribution in [0.15, 0.2) is 0 Å². The molecule has 0 amide bonds. The van der Waals surface area contributed by atoms with Crippen molar-refractivity contribution < 1.29 is 18.3 Å². The summed E-state index contributed by atoms with van der Waals surface area (Å²) in [5.74, 6) is -1.06. The van der Waals surface area contributed by atoms with Crippen LogP contribution in [0.5, 0.6) is 0 Å². The van der Waals surface area contributed by atoms with E-state index in [1.165, 1.54) is 0 Å². The minimum atomic E-state index is -3.77. The quantitative estimate of drug-likeness (QED) is 0.750. The van der Waals surface area contributed by atoms with Crippen LogP contribution < -0.4 is 4.72 Å². The third kappa shape index (κ3) is 3.71. The van der Waals surface area contributed by atoms with Crippen molar-refractivity contribution in [2.75, 3.05) is 6.54 Å². The maximum atomic E-state index is 12.5. The van der Waals surface area contributed by atoms with Gasteiger partial charge in [0.05, 0.1) is 0 Å². The Hall–Kier alpha value is -0.660. The Morgan fingerprint density at radius 2 is 1.80 bits per heavy atom. The van der Waals surface area contributed by atoms with E-state index in [9.17, 15) is 18.3 Å². The molecule has 1 aliphatic heterocycles. The number of rotatable bonds is 7. The first kappa shape index (κ1) is 17.4. The van der Waals surface area contributed by atoms with E-state index < -0.39 is 27.8 Å². The van der Waals surface area contributed by atoms with Gasteiger partial charge in [-0.3, -0.25) is 4.79 Å². The van der Waals surface area contributed by atoms with Crippen LogP contribution in [0.3, 0.4) is 0 Å². The summed E-state index contributed by atoms with van der Waals surface area (Å²) in [6.45, 7) is 6.11. The van der Waals surface area contributed by atoms with Crippen LogP contribution in [-0.4, -0.2) is 41.9 Å². The Morgan fingerprint density at radius 1 is 1.25 bits per heavy atom. The molecule has 1 unspecified atom stereocenters. The number of aliphatic carboxylic acids is 1. The van der Waals surface area contributed by atoms with Crippen LogP contribution in [0.4, 0.5) is 0 Å². The fraction of sp³-hybridized carbons (Fsp3) is 0.923.